The molecule has 1 aromatic rings. The van der Waals surface area contributed by atoms with Gasteiger partial charge in [-0.1, -0.05) is 18.9 Å². The van der Waals surface area contributed by atoms with Gasteiger partial charge < -0.3 is 5.32 Å². The van der Waals surface area contributed by atoms with E-state index in [0.29, 0.717) is 18.2 Å². The molecule has 0 bridgehead atoms. The Kier molecular flexibility index (Phi) is 4.59. The number of aryl methyl sites for hydroxylation is 1. The molecule has 18 heavy (non-hydrogen) atoms. The molecule has 0 saturated heterocycles. The molecular weight excluding hydrogens is 248 g/mol. The van der Waals surface area contributed by atoms with Gasteiger partial charge in [0.05, 0.1) is 0 Å². The molecular formula is C14H19ClN2O. The van der Waals surface area contributed by atoms with Crippen molar-refractivity contribution in [1.29, 1.82) is 0 Å². The molecule has 0 radical (unpaired) electrons. The summed E-state index contributed by atoms with van der Waals surface area (Å²) in [5.41, 5.74) is 1.42. The number of hydrogen-bond donors (Lipinski definition) is 1. The first-order valence-electron chi connectivity index (χ1n) is 6.52. The third kappa shape index (κ3) is 3.22. The van der Waals surface area contributed by atoms with E-state index in [0.717, 1.165) is 18.4 Å². The number of alkyl halides is 1. The number of nitrogens with one attached hydrogen (secondary N) is 1. The summed E-state index contributed by atoms with van der Waals surface area (Å²) in [7, 11) is 0. The minimum absolute atomic E-state index is 0.0949. The van der Waals surface area contributed by atoms with E-state index in [1.165, 1.54) is 12.8 Å². The molecule has 3 nitrogen and oxygen atoms in total. The number of halogens is 1. The van der Waals surface area contributed by atoms with Crippen LogP contribution in [0, 0.1) is 12.8 Å². The number of pyridine rings is 1. The zero-order valence-electron chi connectivity index (χ0n) is 10.7. The third-order valence-electron chi connectivity index (χ3n) is 3.57. The zero-order chi connectivity index (χ0) is 13.0. The second-order valence-electron chi connectivity index (χ2n) is 4.94. The molecule has 0 spiro atoms. The number of hydrogen-bond acceptors (Lipinski definition) is 2. The second kappa shape index (κ2) is 6.19. The maximum Gasteiger partial charge on any atom is 0.270 e. The van der Waals surface area contributed by atoms with Gasteiger partial charge in [0.15, 0.2) is 0 Å². The number of rotatable bonds is 3. The lowest BCUT2D eigenvalue weighted by atomic mass is 9.88. The van der Waals surface area contributed by atoms with Crippen molar-refractivity contribution in [3.8, 4) is 0 Å². The normalized spacial score (nSPS) is 23.7. The summed E-state index contributed by atoms with van der Waals surface area (Å²) in [5, 5.41) is 3.15. The van der Waals surface area contributed by atoms with Gasteiger partial charge in [-0.15, -0.1) is 11.6 Å². The highest BCUT2D eigenvalue weighted by molar-refractivity contribution is 6.20. The first-order chi connectivity index (χ1) is 8.68. The third-order valence-corrected chi connectivity index (χ3v) is 4.14. The quantitative estimate of drug-likeness (QED) is 0.855. The van der Waals surface area contributed by atoms with E-state index < -0.39 is 0 Å². The van der Waals surface area contributed by atoms with E-state index >= 15 is 0 Å². The highest BCUT2D eigenvalue weighted by Gasteiger charge is 2.23. The number of carbonyl (C=O) groups excluding carboxylic acids is 1. The van der Waals surface area contributed by atoms with Crippen molar-refractivity contribution < 1.29 is 4.79 Å². The molecule has 4 heteroatoms. The van der Waals surface area contributed by atoms with Crippen molar-refractivity contribution in [2.75, 3.05) is 6.54 Å². The Labute approximate surface area is 113 Å². The standard InChI is InChI=1S/C14H19ClN2O/c1-10-5-4-8-16-13(10)14(18)17-9-11-6-2-3-7-12(11)15/h4-5,8,11-12H,2-3,6-7,9H2,1H3,(H,17,18). The molecule has 0 aromatic carbocycles. The zero-order valence-corrected chi connectivity index (χ0v) is 11.4. The van der Waals surface area contributed by atoms with Gasteiger partial charge in [-0.2, -0.15) is 0 Å². The molecule has 2 unspecified atom stereocenters. The molecule has 1 amide bonds. The van der Waals surface area contributed by atoms with E-state index in [-0.39, 0.29) is 11.3 Å². The fraction of sp³-hybridized carbons (Fsp3) is 0.571. The molecule has 2 atom stereocenters. The van der Waals surface area contributed by atoms with Crippen molar-refractivity contribution in [2.24, 2.45) is 5.92 Å². The molecule has 2 rings (SSSR count). The summed E-state index contributed by atoms with van der Waals surface area (Å²) >= 11 is 6.28. The Hall–Kier alpha value is -1.09. The Morgan fingerprint density at radius 2 is 2.28 bits per heavy atom. The first-order valence-corrected chi connectivity index (χ1v) is 6.96. The topological polar surface area (TPSA) is 42.0 Å². The minimum Gasteiger partial charge on any atom is -0.350 e. The number of carbonyl (C=O) groups is 1. The summed E-state index contributed by atoms with van der Waals surface area (Å²) in [6.45, 7) is 2.55. The van der Waals surface area contributed by atoms with Gasteiger partial charge in [0.1, 0.15) is 5.69 Å². The van der Waals surface area contributed by atoms with Gasteiger partial charge in [-0.25, -0.2) is 0 Å². The molecule has 1 aromatic heterocycles. The van der Waals surface area contributed by atoms with Crippen LogP contribution in [0.5, 0.6) is 0 Å². The van der Waals surface area contributed by atoms with Gasteiger partial charge in [0.2, 0.25) is 0 Å². The van der Waals surface area contributed by atoms with Crippen LogP contribution in [0.1, 0.15) is 41.7 Å². The van der Waals surface area contributed by atoms with E-state index in [1.54, 1.807) is 6.20 Å². The molecule has 1 fully saturated rings. The summed E-state index contributed by atoms with van der Waals surface area (Å²) in [4.78, 5) is 16.1. The molecule has 1 N–H and O–H groups in total. The van der Waals surface area contributed by atoms with Crippen molar-refractivity contribution in [1.82, 2.24) is 10.3 Å². The van der Waals surface area contributed by atoms with Gasteiger partial charge in [-0.05, 0) is 37.3 Å². The molecule has 1 aliphatic rings. The maximum atomic E-state index is 12.0. The van der Waals surface area contributed by atoms with Crippen LogP contribution >= 0.6 is 11.6 Å². The predicted molar refractivity (Wildman–Crippen MR) is 72.9 cm³/mol. The van der Waals surface area contributed by atoms with Crippen LogP contribution in [0.25, 0.3) is 0 Å². The van der Waals surface area contributed by atoms with Crippen LogP contribution in [0.3, 0.4) is 0 Å². The van der Waals surface area contributed by atoms with E-state index in [9.17, 15) is 4.79 Å². The smallest absolute Gasteiger partial charge is 0.270 e. The molecule has 98 valence electrons. The Morgan fingerprint density at radius 1 is 1.50 bits per heavy atom. The van der Waals surface area contributed by atoms with Crippen molar-refractivity contribution in [3.05, 3.63) is 29.6 Å². The maximum absolute atomic E-state index is 12.0. The van der Waals surface area contributed by atoms with Crippen molar-refractivity contribution >= 4 is 17.5 Å². The summed E-state index contributed by atoms with van der Waals surface area (Å²) < 4.78 is 0. The SMILES string of the molecule is Cc1cccnc1C(=O)NCC1CCCCC1Cl. The predicted octanol–water partition coefficient (Wildman–Crippen LogP) is 2.92. The van der Waals surface area contributed by atoms with E-state index in [2.05, 4.69) is 10.3 Å². The van der Waals surface area contributed by atoms with Gasteiger partial charge in [0, 0.05) is 18.1 Å². The highest BCUT2D eigenvalue weighted by Crippen LogP contribution is 2.28. The van der Waals surface area contributed by atoms with Gasteiger partial charge >= 0.3 is 0 Å². The van der Waals surface area contributed by atoms with Crippen molar-refractivity contribution in [3.63, 3.8) is 0 Å². The molecule has 1 aliphatic carbocycles. The summed E-state index contributed by atoms with van der Waals surface area (Å²) in [6.07, 6.45) is 6.23. The van der Waals surface area contributed by atoms with Crippen LogP contribution in [0.2, 0.25) is 0 Å². The van der Waals surface area contributed by atoms with Crippen LogP contribution in [-0.2, 0) is 0 Å². The lowest BCUT2D eigenvalue weighted by Crippen LogP contribution is -2.35. The van der Waals surface area contributed by atoms with E-state index in [4.69, 9.17) is 11.6 Å². The first kappa shape index (κ1) is 13.3. The molecule has 1 saturated carbocycles. The fourth-order valence-corrected chi connectivity index (χ4v) is 2.79. The number of amides is 1. The summed E-state index contributed by atoms with van der Waals surface area (Å²) in [6, 6.07) is 3.73. The average molecular weight is 267 g/mol. The summed E-state index contributed by atoms with van der Waals surface area (Å²) in [5.74, 6) is 0.302. The number of aromatic nitrogens is 1. The second-order valence-corrected chi connectivity index (χ2v) is 5.50. The minimum atomic E-state index is -0.0949. The van der Waals surface area contributed by atoms with Gasteiger partial charge in [0.25, 0.3) is 5.91 Å². The number of nitrogens with zero attached hydrogens (tertiary/aromatic N) is 1. The largest absolute Gasteiger partial charge is 0.350 e. The van der Waals surface area contributed by atoms with Crippen LogP contribution in [0.4, 0.5) is 0 Å². The van der Waals surface area contributed by atoms with Crippen LogP contribution in [0.15, 0.2) is 18.3 Å². The van der Waals surface area contributed by atoms with Gasteiger partial charge in [-0.3, -0.25) is 9.78 Å². The highest BCUT2D eigenvalue weighted by atomic mass is 35.5. The lowest BCUT2D eigenvalue weighted by molar-refractivity contribution is 0.0938. The van der Waals surface area contributed by atoms with E-state index in [1.807, 2.05) is 19.1 Å². The monoisotopic (exact) mass is 266 g/mol. The van der Waals surface area contributed by atoms with Crippen LogP contribution < -0.4 is 5.32 Å². The Balaban J connectivity index is 1.90. The van der Waals surface area contributed by atoms with Crippen molar-refractivity contribution in [2.45, 2.75) is 38.0 Å². The lowest BCUT2D eigenvalue weighted by Gasteiger charge is -2.27. The molecule has 1 heterocycles. The Morgan fingerprint density at radius 3 is 3.00 bits per heavy atom. The molecule has 0 aliphatic heterocycles. The fourth-order valence-electron chi connectivity index (χ4n) is 2.42. The average Bonchev–Trinajstić information content (AvgIpc) is 2.38. The Bertz CT molecular complexity index is 422. The van der Waals surface area contributed by atoms with Crippen LogP contribution in [-0.4, -0.2) is 22.8 Å².